The number of ether oxygens (including phenoxy) is 1. The highest BCUT2D eigenvalue weighted by atomic mass is 35.5. The highest BCUT2D eigenvalue weighted by Gasteiger charge is 2.19. The van der Waals surface area contributed by atoms with E-state index in [0.717, 1.165) is 0 Å². The summed E-state index contributed by atoms with van der Waals surface area (Å²) in [5.74, 6) is 0.239. The predicted octanol–water partition coefficient (Wildman–Crippen LogP) is 3.53. The molecule has 34 heavy (non-hydrogen) atoms. The van der Waals surface area contributed by atoms with Crippen LogP contribution in [0.1, 0.15) is 10.5 Å². The second-order valence-corrected chi connectivity index (χ2v) is 7.81. The summed E-state index contributed by atoms with van der Waals surface area (Å²) in [7, 11) is 1.53. The van der Waals surface area contributed by atoms with E-state index in [4.69, 9.17) is 33.7 Å². The Hall–Kier alpha value is -4.22. The molecule has 11 nitrogen and oxygen atoms in total. The Morgan fingerprint density at radius 1 is 1.09 bits per heavy atom. The topological polar surface area (TPSA) is 138 Å². The largest absolute Gasteiger partial charge is 0.481 e. The number of amides is 1. The van der Waals surface area contributed by atoms with Crippen LogP contribution in [0, 0.1) is 0 Å². The average molecular weight is 496 g/mol. The Kier molecular flexibility index (Phi) is 5.48. The molecule has 1 aromatic carbocycles. The molecule has 1 amide bonds. The van der Waals surface area contributed by atoms with Crippen molar-refractivity contribution in [1.82, 2.24) is 34.3 Å². The van der Waals surface area contributed by atoms with E-state index in [0.29, 0.717) is 50.2 Å². The van der Waals surface area contributed by atoms with Gasteiger partial charge in [0.15, 0.2) is 17.2 Å². The third-order valence-corrected chi connectivity index (χ3v) is 5.49. The van der Waals surface area contributed by atoms with Gasteiger partial charge in [-0.1, -0.05) is 29.3 Å². The van der Waals surface area contributed by atoms with Gasteiger partial charge in [-0.3, -0.25) is 14.8 Å². The maximum Gasteiger partial charge on any atom is 0.271 e. The van der Waals surface area contributed by atoms with E-state index < -0.39 is 5.91 Å². The first-order chi connectivity index (χ1) is 16.5. The van der Waals surface area contributed by atoms with Crippen LogP contribution in [0.3, 0.4) is 0 Å². The molecule has 3 N–H and O–H groups in total. The second kappa shape index (κ2) is 8.61. The van der Waals surface area contributed by atoms with Crippen molar-refractivity contribution in [1.29, 1.82) is 0 Å². The van der Waals surface area contributed by atoms with Crippen molar-refractivity contribution < 1.29 is 9.53 Å². The summed E-state index contributed by atoms with van der Waals surface area (Å²) in [4.78, 5) is 20.5. The molecule has 13 heteroatoms. The number of fused-ring (bicyclic) bond motifs is 1. The van der Waals surface area contributed by atoms with Gasteiger partial charge >= 0.3 is 0 Å². The molecular weight excluding hydrogens is 481 g/mol. The lowest BCUT2D eigenvalue weighted by atomic mass is 10.3. The van der Waals surface area contributed by atoms with Crippen molar-refractivity contribution in [3.05, 3.63) is 70.9 Å². The molecule has 0 fully saturated rings. The van der Waals surface area contributed by atoms with Gasteiger partial charge in [-0.15, -0.1) is 10.2 Å². The van der Waals surface area contributed by atoms with Crippen LogP contribution in [0.5, 0.6) is 5.88 Å². The number of methoxy groups -OCH3 is 1. The maximum atomic E-state index is 12.0. The molecule has 0 bridgehead atoms. The zero-order chi connectivity index (χ0) is 23.8. The molecule has 0 aliphatic heterocycles. The number of primary amides is 1. The number of para-hydroxylation sites is 1. The molecular formula is C21H15Cl2N9O2. The summed E-state index contributed by atoms with van der Waals surface area (Å²) in [6.07, 6.45) is 6.28. The van der Waals surface area contributed by atoms with Gasteiger partial charge in [0.2, 0.25) is 5.88 Å². The van der Waals surface area contributed by atoms with Gasteiger partial charge in [0, 0.05) is 0 Å². The highest BCUT2D eigenvalue weighted by molar-refractivity contribution is 6.37. The van der Waals surface area contributed by atoms with Gasteiger partial charge in [-0.25, -0.2) is 9.08 Å². The summed E-state index contributed by atoms with van der Waals surface area (Å²) in [6.45, 7) is 0. The first-order valence-electron chi connectivity index (χ1n) is 9.76. The van der Waals surface area contributed by atoms with Crippen LogP contribution in [0.25, 0.3) is 22.9 Å². The number of halogens is 2. The monoisotopic (exact) mass is 495 g/mol. The minimum Gasteiger partial charge on any atom is -0.481 e. The third kappa shape index (κ3) is 3.76. The number of hydrogen-bond acceptors (Lipinski definition) is 8. The summed E-state index contributed by atoms with van der Waals surface area (Å²) in [6, 6.07) is 8.57. The van der Waals surface area contributed by atoms with Crippen LogP contribution < -0.4 is 15.8 Å². The van der Waals surface area contributed by atoms with Gasteiger partial charge < -0.3 is 15.8 Å². The van der Waals surface area contributed by atoms with Crippen molar-refractivity contribution in [2.45, 2.75) is 0 Å². The Morgan fingerprint density at radius 2 is 1.88 bits per heavy atom. The summed E-state index contributed by atoms with van der Waals surface area (Å²) in [5, 5.41) is 16.4. The lowest BCUT2D eigenvalue weighted by molar-refractivity contribution is 0.0996. The Morgan fingerprint density at radius 3 is 2.56 bits per heavy atom. The molecule has 0 atom stereocenters. The molecule has 170 valence electrons. The average Bonchev–Trinajstić information content (AvgIpc) is 3.44. The first kappa shape index (κ1) is 21.6. The quantitative estimate of drug-likeness (QED) is 0.364. The number of pyridine rings is 1. The molecule has 0 spiro atoms. The SMILES string of the molecule is COc1cncc2nnc(-c3ccc(Nc4cn(-c5c(Cl)cccc5Cl)nc4C(N)=O)cn3)n12. The Labute approximate surface area is 202 Å². The third-order valence-electron chi connectivity index (χ3n) is 4.88. The van der Waals surface area contributed by atoms with Gasteiger partial charge in [-0.05, 0) is 24.3 Å². The second-order valence-electron chi connectivity index (χ2n) is 6.99. The molecule has 5 rings (SSSR count). The number of nitrogens with two attached hydrogens (primary N) is 1. The van der Waals surface area contributed by atoms with E-state index in [2.05, 4.69) is 30.6 Å². The van der Waals surface area contributed by atoms with Gasteiger partial charge in [-0.2, -0.15) is 5.10 Å². The molecule has 5 aromatic rings. The number of benzene rings is 1. The van der Waals surface area contributed by atoms with Crippen molar-refractivity contribution in [2.24, 2.45) is 5.73 Å². The molecule has 0 aliphatic carbocycles. The van der Waals surface area contributed by atoms with E-state index in [1.165, 1.54) is 11.8 Å². The fourth-order valence-electron chi connectivity index (χ4n) is 3.36. The number of aromatic nitrogens is 7. The number of hydrogen-bond donors (Lipinski definition) is 2. The van der Waals surface area contributed by atoms with E-state index in [1.54, 1.807) is 59.5 Å². The predicted molar refractivity (Wildman–Crippen MR) is 126 cm³/mol. The molecule has 0 saturated heterocycles. The smallest absolute Gasteiger partial charge is 0.271 e. The Balaban J connectivity index is 1.48. The van der Waals surface area contributed by atoms with Gasteiger partial charge in [0.1, 0.15) is 11.4 Å². The van der Waals surface area contributed by atoms with Crippen LogP contribution in [-0.4, -0.2) is 47.4 Å². The van der Waals surface area contributed by atoms with Crippen molar-refractivity contribution in [3.8, 4) is 23.1 Å². The lowest BCUT2D eigenvalue weighted by Gasteiger charge is -2.07. The standard InChI is InChI=1S/C21H15Cl2N9O2/c1-34-17-9-25-8-16-28-29-21(32(16)17)14-6-5-11(7-26-14)27-15-10-31(30-18(15)20(24)33)19-12(22)3-2-4-13(19)23/h2-10,27H,1H3,(H2,24,33). The first-order valence-corrected chi connectivity index (χ1v) is 10.5. The molecule has 4 aromatic heterocycles. The fourth-order valence-corrected chi connectivity index (χ4v) is 3.93. The minimum absolute atomic E-state index is 0.0146. The number of nitrogens with zero attached hydrogens (tertiary/aromatic N) is 7. The number of carbonyl (C=O) groups excluding carboxylic acids is 1. The molecule has 0 radical (unpaired) electrons. The number of carbonyl (C=O) groups is 1. The van der Waals surface area contributed by atoms with Crippen LogP contribution in [0.15, 0.2) is 55.1 Å². The highest BCUT2D eigenvalue weighted by Crippen LogP contribution is 2.31. The van der Waals surface area contributed by atoms with Gasteiger partial charge in [0.05, 0.1) is 53.3 Å². The maximum absolute atomic E-state index is 12.0. The minimum atomic E-state index is -0.718. The van der Waals surface area contributed by atoms with E-state index in [9.17, 15) is 4.79 Å². The van der Waals surface area contributed by atoms with Gasteiger partial charge in [0.25, 0.3) is 5.91 Å². The zero-order valence-electron chi connectivity index (χ0n) is 17.5. The molecule has 0 saturated carbocycles. The van der Waals surface area contributed by atoms with Crippen molar-refractivity contribution in [3.63, 3.8) is 0 Å². The van der Waals surface area contributed by atoms with E-state index in [-0.39, 0.29) is 5.69 Å². The van der Waals surface area contributed by atoms with Crippen LogP contribution in [-0.2, 0) is 0 Å². The summed E-state index contributed by atoms with van der Waals surface area (Å²) >= 11 is 12.6. The number of rotatable bonds is 6. The summed E-state index contributed by atoms with van der Waals surface area (Å²) in [5.41, 5.74) is 7.99. The zero-order valence-corrected chi connectivity index (χ0v) is 19.0. The number of anilines is 2. The normalized spacial score (nSPS) is 11.0. The van der Waals surface area contributed by atoms with E-state index in [1.807, 2.05) is 0 Å². The molecule has 0 unspecified atom stereocenters. The fraction of sp³-hybridized carbons (Fsp3) is 0.0476. The summed E-state index contributed by atoms with van der Waals surface area (Å²) < 4.78 is 8.45. The van der Waals surface area contributed by atoms with Crippen molar-refractivity contribution in [2.75, 3.05) is 12.4 Å². The Bertz CT molecular complexity index is 1510. The van der Waals surface area contributed by atoms with Crippen LogP contribution in [0.4, 0.5) is 11.4 Å². The molecule has 0 aliphatic rings. The lowest BCUT2D eigenvalue weighted by Crippen LogP contribution is -2.14. The number of nitrogens with one attached hydrogen (secondary N) is 1. The molecule has 4 heterocycles. The van der Waals surface area contributed by atoms with Crippen LogP contribution in [0.2, 0.25) is 10.0 Å². The van der Waals surface area contributed by atoms with E-state index >= 15 is 0 Å². The van der Waals surface area contributed by atoms with Crippen molar-refractivity contribution >= 4 is 46.1 Å². The van der Waals surface area contributed by atoms with Crippen LogP contribution >= 0.6 is 23.2 Å².